The van der Waals surface area contributed by atoms with Gasteiger partial charge in [-0.15, -0.1) is 0 Å². The van der Waals surface area contributed by atoms with Crippen molar-refractivity contribution in [1.29, 1.82) is 0 Å². The third-order valence-electron chi connectivity index (χ3n) is 4.65. The van der Waals surface area contributed by atoms with E-state index in [9.17, 15) is 23.1 Å². The Kier molecular flexibility index (Phi) is 5.03. The van der Waals surface area contributed by atoms with Crippen LogP contribution < -0.4 is 15.1 Å². The van der Waals surface area contributed by atoms with Crippen molar-refractivity contribution in [3.8, 4) is 0 Å². The summed E-state index contributed by atoms with van der Waals surface area (Å²) in [6.07, 6.45) is 0.479. The molecule has 8 nitrogen and oxygen atoms in total. The lowest BCUT2D eigenvalue weighted by Gasteiger charge is -2.26. The number of carbonyl (C=O) groups excluding carboxylic acids is 1. The molecule has 0 bridgehead atoms. The van der Waals surface area contributed by atoms with Gasteiger partial charge < -0.3 is 9.90 Å². The summed E-state index contributed by atoms with van der Waals surface area (Å²) in [5.74, 6) is -1.45. The van der Waals surface area contributed by atoms with E-state index in [1.54, 1.807) is 33.2 Å². The van der Waals surface area contributed by atoms with Crippen LogP contribution in [0.2, 0.25) is 0 Å². The summed E-state index contributed by atoms with van der Waals surface area (Å²) >= 11 is 0. The standard InChI is InChI=1S/C19H21N3O5S/c1-4-11-22(15-8-6-5-7-14(15)18(23)24)28(26,27)13-9-10-16-17(12-13)21(3)19(25)20(16)2/h5-10,12H,4,11H2,1-3H3,(H,23,24)/p-1. The molecule has 0 aliphatic heterocycles. The second-order valence-corrected chi connectivity index (χ2v) is 8.30. The molecule has 28 heavy (non-hydrogen) atoms. The minimum Gasteiger partial charge on any atom is -0.545 e. The second kappa shape index (κ2) is 7.16. The highest BCUT2D eigenvalue weighted by atomic mass is 32.2. The van der Waals surface area contributed by atoms with Crippen molar-refractivity contribution >= 4 is 32.7 Å². The molecule has 0 saturated carbocycles. The number of fused-ring (bicyclic) bond motifs is 1. The molecule has 1 aromatic heterocycles. The SMILES string of the molecule is CCCN(c1ccccc1C(=O)[O-])S(=O)(=O)c1ccc2c(c1)n(C)c(=O)n2C. The summed E-state index contributed by atoms with van der Waals surface area (Å²) in [5, 5.41) is 11.5. The minimum atomic E-state index is -4.07. The molecule has 148 valence electrons. The van der Waals surface area contributed by atoms with Crippen LogP contribution in [0.5, 0.6) is 0 Å². The average molecular weight is 402 g/mol. The lowest BCUT2D eigenvalue weighted by molar-refractivity contribution is -0.254. The lowest BCUT2D eigenvalue weighted by atomic mass is 10.2. The van der Waals surface area contributed by atoms with E-state index in [4.69, 9.17) is 0 Å². The summed E-state index contributed by atoms with van der Waals surface area (Å²) in [7, 11) is -0.891. The van der Waals surface area contributed by atoms with Crippen molar-refractivity contribution in [2.24, 2.45) is 14.1 Å². The van der Waals surface area contributed by atoms with E-state index in [0.717, 1.165) is 4.31 Å². The number of rotatable bonds is 6. The van der Waals surface area contributed by atoms with Gasteiger partial charge in [0.1, 0.15) is 0 Å². The molecule has 1 heterocycles. The van der Waals surface area contributed by atoms with Gasteiger partial charge in [0.05, 0.1) is 27.6 Å². The highest BCUT2D eigenvalue weighted by Gasteiger charge is 2.27. The van der Waals surface area contributed by atoms with Crippen LogP contribution >= 0.6 is 0 Å². The Bertz CT molecular complexity index is 1220. The maximum atomic E-state index is 13.4. The summed E-state index contributed by atoms with van der Waals surface area (Å²) < 4.78 is 30.6. The van der Waals surface area contributed by atoms with Gasteiger partial charge in [0.2, 0.25) is 0 Å². The summed E-state index contributed by atoms with van der Waals surface area (Å²) in [6.45, 7) is 1.90. The average Bonchev–Trinajstić information content (AvgIpc) is 2.89. The predicted molar refractivity (Wildman–Crippen MR) is 104 cm³/mol. The maximum Gasteiger partial charge on any atom is 0.328 e. The smallest absolute Gasteiger partial charge is 0.328 e. The van der Waals surface area contributed by atoms with Crippen LogP contribution in [0.4, 0.5) is 5.69 Å². The molecule has 0 aliphatic carbocycles. The van der Waals surface area contributed by atoms with Crippen molar-refractivity contribution in [1.82, 2.24) is 9.13 Å². The molecule has 3 aromatic rings. The van der Waals surface area contributed by atoms with Gasteiger partial charge in [-0.1, -0.05) is 25.1 Å². The molecular formula is C19H20N3O5S-. The minimum absolute atomic E-state index is 0.0252. The highest BCUT2D eigenvalue weighted by Crippen LogP contribution is 2.28. The van der Waals surface area contributed by atoms with Crippen LogP contribution in [-0.4, -0.2) is 30.1 Å². The van der Waals surface area contributed by atoms with Gasteiger partial charge in [-0.25, -0.2) is 13.2 Å². The number of aryl methyl sites for hydroxylation is 2. The van der Waals surface area contributed by atoms with Crippen molar-refractivity contribution < 1.29 is 18.3 Å². The first-order chi connectivity index (χ1) is 13.2. The molecule has 0 saturated heterocycles. The van der Waals surface area contributed by atoms with Crippen LogP contribution in [0.15, 0.2) is 52.2 Å². The first-order valence-corrected chi connectivity index (χ1v) is 10.1. The molecule has 0 amide bonds. The van der Waals surface area contributed by atoms with Crippen LogP contribution in [0.25, 0.3) is 11.0 Å². The number of para-hydroxylation sites is 1. The Balaban J connectivity index is 2.22. The van der Waals surface area contributed by atoms with E-state index < -0.39 is 16.0 Å². The zero-order valence-electron chi connectivity index (χ0n) is 15.7. The highest BCUT2D eigenvalue weighted by molar-refractivity contribution is 7.92. The van der Waals surface area contributed by atoms with E-state index in [2.05, 4.69) is 0 Å². The van der Waals surface area contributed by atoms with Crippen molar-refractivity contribution in [3.63, 3.8) is 0 Å². The van der Waals surface area contributed by atoms with Crippen molar-refractivity contribution in [2.75, 3.05) is 10.8 Å². The monoisotopic (exact) mass is 402 g/mol. The quantitative estimate of drug-likeness (QED) is 0.608. The molecule has 0 atom stereocenters. The molecule has 0 aliphatic rings. The van der Waals surface area contributed by atoms with Gasteiger partial charge in [-0.2, -0.15) is 0 Å². The van der Waals surface area contributed by atoms with E-state index in [-0.39, 0.29) is 28.4 Å². The number of aromatic carboxylic acids is 1. The fraction of sp³-hybridized carbons (Fsp3) is 0.263. The van der Waals surface area contributed by atoms with Gasteiger partial charge in [0.15, 0.2) is 0 Å². The zero-order chi connectivity index (χ0) is 20.6. The third kappa shape index (κ3) is 3.07. The Morgan fingerprint density at radius 3 is 2.36 bits per heavy atom. The number of aromatic nitrogens is 2. The second-order valence-electron chi connectivity index (χ2n) is 6.43. The topological polar surface area (TPSA) is 104 Å². The number of nitrogens with zero attached hydrogens (tertiary/aromatic N) is 3. The molecule has 0 unspecified atom stereocenters. The van der Waals surface area contributed by atoms with E-state index >= 15 is 0 Å². The van der Waals surface area contributed by atoms with Crippen molar-refractivity contribution in [3.05, 3.63) is 58.5 Å². The largest absolute Gasteiger partial charge is 0.545 e. The fourth-order valence-electron chi connectivity index (χ4n) is 3.21. The molecule has 0 N–H and O–H groups in total. The molecular weight excluding hydrogens is 382 g/mol. The first-order valence-electron chi connectivity index (χ1n) is 8.68. The number of anilines is 1. The number of carboxylic acids is 1. The predicted octanol–water partition coefficient (Wildman–Crippen LogP) is 0.846. The van der Waals surface area contributed by atoms with Gasteiger partial charge in [-0.3, -0.25) is 13.4 Å². The van der Waals surface area contributed by atoms with E-state index in [1.165, 1.54) is 39.5 Å². The van der Waals surface area contributed by atoms with Crippen LogP contribution in [0.3, 0.4) is 0 Å². The molecule has 3 rings (SSSR count). The van der Waals surface area contributed by atoms with Crippen molar-refractivity contribution in [2.45, 2.75) is 18.2 Å². The number of imidazole rings is 1. The Morgan fingerprint density at radius 2 is 1.71 bits per heavy atom. The van der Waals surface area contributed by atoms with Crippen LogP contribution in [-0.2, 0) is 24.1 Å². The molecule has 0 spiro atoms. The van der Waals surface area contributed by atoms with Gasteiger partial charge in [0, 0.05) is 26.2 Å². The Labute approximate surface area is 162 Å². The Hall–Kier alpha value is -3.07. The molecule has 9 heteroatoms. The van der Waals surface area contributed by atoms with E-state index in [0.29, 0.717) is 17.5 Å². The molecule has 2 aromatic carbocycles. The molecule has 0 fully saturated rings. The zero-order valence-corrected chi connectivity index (χ0v) is 16.6. The lowest BCUT2D eigenvalue weighted by Crippen LogP contribution is -2.34. The number of carboxylic acid groups (broad SMARTS) is 1. The van der Waals surface area contributed by atoms with Gasteiger partial charge in [-0.05, 0) is 30.7 Å². The maximum absolute atomic E-state index is 13.4. The normalized spacial score (nSPS) is 11.7. The number of sulfonamides is 1. The third-order valence-corrected chi connectivity index (χ3v) is 6.46. The van der Waals surface area contributed by atoms with Gasteiger partial charge in [0.25, 0.3) is 10.0 Å². The number of carbonyl (C=O) groups is 1. The Morgan fingerprint density at radius 1 is 1.07 bits per heavy atom. The fourth-order valence-corrected chi connectivity index (χ4v) is 4.81. The summed E-state index contributed by atoms with van der Waals surface area (Å²) in [6, 6.07) is 10.2. The summed E-state index contributed by atoms with van der Waals surface area (Å²) in [5.41, 5.74) is 0.651. The van der Waals surface area contributed by atoms with Crippen LogP contribution in [0.1, 0.15) is 23.7 Å². The summed E-state index contributed by atoms with van der Waals surface area (Å²) in [4.78, 5) is 23.6. The molecule has 0 radical (unpaired) electrons. The van der Waals surface area contributed by atoms with Gasteiger partial charge >= 0.3 is 5.69 Å². The first kappa shape index (κ1) is 19.7. The number of benzene rings is 2. The van der Waals surface area contributed by atoms with E-state index in [1.807, 2.05) is 0 Å². The number of hydrogen-bond acceptors (Lipinski definition) is 5. The van der Waals surface area contributed by atoms with Crippen LogP contribution in [0, 0.1) is 0 Å². The number of hydrogen-bond donors (Lipinski definition) is 0.